The highest BCUT2D eigenvalue weighted by atomic mass is 16.6. The molecule has 0 aromatic heterocycles. The molecule has 3 rings (SSSR count). The van der Waals surface area contributed by atoms with E-state index in [4.69, 9.17) is 0 Å². The predicted octanol–water partition coefficient (Wildman–Crippen LogP) is 5.01. The lowest BCUT2D eigenvalue weighted by molar-refractivity contribution is -0.393. The molecule has 0 unspecified atom stereocenters. The lowest BCUT2D eigenvalue weighted by Crippen LogP contribution is -2.02. The summed E-state index contributed by atoms with van der Waals surface area (Å²) < 4.78 is 0. The highest BCUT2D eigenvalue weighted by molar-refractivity contribution is 5.99. The van der Waals surface area contributed by atoms with Crippen LogP contribution in [-0.2, 0) is 0 Å². The third-order valence-corrected chi connectivity index (χ3v) is 4.14. The van der Waals surface area contributed by atoms with Crippen LogP contribution >= 0.6 is 0 Å². The van der Waals surface area contributed by atoms with Crippen molar-refractivity contribution in [3.05, 3.63) is 98.6 Å². The molecule has 140 valence electrons. The van der Waals surface area contributed by atoms with Crippen molar-refractivity contribution in [1.82, 2.24) is 0 Å². The number of nitro groups is 2. The number of hydrogen-bond acceptors (Lipinski definition) is 6. The van der Waals surface area contributed by atoms with Gasteiger partial charge < -0.3 is 0 Å². The van der Waals surface area contributed by atoms with Crippen molar-refractivity contribution in [3.63, 3.8) is 0 Å². The van der Waals surface area contributed by atoms with E-state index in [1.54, 1.807) is 6.92 Å². The van der Waals surface area contributed by atoms with Crippen LogP contribution < -0.4 is 5.43 Å². The Balaban J connectivity index is 1.81. The summed E-state index contributed by atoms with van der Waals surface area (Å²) in [7, 11) is 0. The molecule has 0 spiro atoms. The van der Waals surface area contributed by atoms with Crippen molar-refractivity contribution in [2.45, 2.75) is 6.92 Å². The van der Waals surface area contributed by atoms with Gasteiger partial charge in [-0.05, 0) is 29.7 Å². The van der Waals surface area contributed by atoms with Gasteiger partial charge in [0.15, 0.2) is 0 Å². The largest absolute Gasteiger partial charge is 0.301 e. The van der Waals surface area contributed by atoms with Gasteiger partial charge in [-0.1, -0.05) is 54.6 Å². The normalized spacial score (nSPS) is 11.1. The third kappa shape index (κ3) is 4.18. The Morgan fingerprint density at radius 1 is 0.857 bits per heavy atom. The molecule has 0 aliphatic heterocycles. The summed E-state index contributed by atoms with van der Waals surface area (Å²) in [5, 5.41) is 26.2. The molecular formula is C20H16N4O4. The van der Waals surface area contributed by atoms with E-state index in [1.165, 1.54) is 12.1 Å². The number of rotatable bonds is 6. The summed E-state index contributed by atoms with van der Waals surface area (Å²) >= 11 is 0. The Morgan fingerprint density at radius 3 is 2.11 bits per heavy atom. The van der Waals surface area contributed by atoms with Gasteiger partial charge in [0.2, 0.25) is 0 Å². The summed E-state index contributed by atoms with van der Waals surface area (Å²) in [6, 6.07) is 21.1. The molecule has 0 bridgehead atoms. The number of nitrogens with zero attached hydrogens (tertiary/aromatic N) is 3. The van der Waals surface area contributed by atoms with Gasteiger partial charge in [-0.3, -0.25) is 25.7 Å². The fourth-order valence-corrected chi connectivity index (χ4v) is 2.62. The molecule has 0 heterocycles. The van der Waals surface area contributed by atoms with Gasteiger partial charge in [0, 0.05) is 6.07 Å². The van der Waals surface area contributed by atoms with Gasteiger partial charge in [0.05, 0.1) is 21.6 Å². The summed E-state index contributed by atoms with van der Waals surface area (Å²) in [5.74, 6) is 0. The summed E-state index contributed by atoms with van der Waals surface area (Å²) in [6.45, 7) is 1.77. The van der Waals surface area contributed by atoms with Gasteiger partial charge in [-0.15, -0.1) is 0 Å². The second-order valence-electron chi connectivity index (χ2n) is 5.97. The van der Waals surface area contributed by atoms with Crippen LogP contribution in [0.2, 0.25) is 0 Å². The van der Waals surface area contributed by atoms with Crippen LogP contribution in [0.4, 0.5) is 17.1 Å². The van der Waals surface area contributed by atoms with E-state index in [9.17, 15) is 20.2 Å². The first kappa shape index (κ1) is 18.7. The van der Waals surface area contributed by atoms with Gasteiger partial charge in [0.1, 0.15) is 5.69 Å². The first-order valence-electron chi connectivity index (χ1n) is 8.34. The predicted molar refractivity (Wildman–Crippen MR) is 107 cm³/mol. The van der Waals surface area contributed by atoms with E-state index in [1.807, 2.05) is 54.6 Å². The molecule has 0 atom stereocenters. The third-order valence-electron chi connectivity index (χ3n) is 4.14. The number of hydrazone groups is 1. The van der Waals surface area contributed by atoms with E-state index in [2.05, 4.69) is 10.5 Å². The zero-order valence-corrected chi connectivity index (χ0v) is 14.9. The lowest BCUT2D eigenvalue weighted by Gasteiger charge is -2.06. The van der Waals surface area contributed by atoms with Crippen LogP contribution in [0.5, 0.6) is 0 Å². The van der Waals surface area contributed by atoms with Crippen molar-refractivity contribution in [1.29, 1.82) is 0 Å². The SMILES string of the molecule is CC(=NNc1ccc([N+](=O)[O-])cc1[N+](=O)[O-])c1ccc(-c2ccccc2)cc1. The van der Waals surface area contributed by atoms with Crippen LogP contribution in [0, 0.1) is 20.2 Å². The smallest absolute Gasteiger partial charge is 0.271 e. The Labute approximate surface area is 160 Å². The standard InChI is InChI=1S/C20H16N4O4/c1-14(15-7-9-17(10-8-15)16-5-3-2-4-6-16)21-22-19-12-11-18(23(25)26)13-20(19)24(27)28/h2-13,22H,1H3. The molecule has 0 aliphatic rings. The van der Waals surface area contributed by atoms with Gasteiger partial charge in [0.25, 0.3) is 5.69 Å². The highest BCUT2D eigenvalue weighted by Crippen LogP contribution is 2.29. The molecule has 0 aliphatic carbocycles. The van der Waals surface area contributed by atoms with E-state index in [-0.39, 0.29) is 11.4 Å². The maximum absolute atomic E-state index is 11.2. The van der Waals surface area contributed by atoms with E-state index < -0.39 is 15.5 Å². The van der Waals surface area contributed by atoms with Gasteiger partial charge in [-0.25, -0.2) is 0 Å². The maximum Gasteiger partial charge on any atom is 0.301 e. The fourth-order valence-electron chi connectivity index (χ4n) is 2.62. The van der Waals surface area contributed by atoms with Crippen molar-refractivity contribution in [2.24, 2.45) is 5.10 Å². The Kier molecular flexibility index (Phi) is 5.40. The lowest BCUT2D eigenvalue weighted by atomic mass is 10.0. The minimum Gasteiger partial charge on any atom is -0.271 e. The molecule has 0 saturated carbocycles. The number of non-ortho nitro benzene ring substituents is 1. The van der Waals surface area contributed by atoms with E-state index in [0.29, 0.717) is 5.71 Å². The summed E-state index contributed by atoms with van der Waals surface area (Å²) in [6.07, 6.45) is 0. The van der Waals surface area contributed by atoms with Crippen molar-refractivity contribution in [3.8, 4) is 11.1 Å². The van der Waals surface area contributed by atoms with Crippen molar-refractivity contribution in [2.75, 3.05) is 5.43 Å². The average Bonchev–Trinajstić information content (AvgIpc) is 2.72. The first-order chi connectivity index (χ1) is 13.5. The molecule has 0 fully saturated rings. The minimum absolute atomic E-state index is 0.0795. The Morgan fingerprint density at radius 2 is 1.50 bits per heavy atom. The average molecular weight is 376 g/mol. The number of hydrogen-bond donors (Lipinski definition) is 1. The Hall–Kier alpha value is -4.07. The zero-order chi connectivity index (χ0) is 20.1. The van der Waals surface area contributed by atoms with Crippen molar-refractivity contribution >= 4 is 22.8 Å². The second-order valence-corrected chi connectivity index (χ2v) is 5.97. The van der Waals surface area contributed by atoms with Crippen LogP contribution in [0.3, 0.4) is 0 Å². The first-order valence-corrected chi connectivity index (χ1v) is 8.34. The quantitative estimate of drug-likeness (QED) is 0.369. The van der Waals surface area contributed by atoms with Crippen LogP contribution in [0.15, 0.2) is 77.9 Å². The van der Waals surface area contributed by atoms with E-state index >= 15 is 0 Å². The van der Waals surface area contributed by atoms with Crippen LogP contribution in [0.25, 0.3) is 11.1 Å². The summed E-state index contributed by atoms with van der Waals surface area (Å²) in [5.41, 5.74) is 5.57. The van der Waals surface area contributed by atoms with Gasteiger partial charge in [-0.2, -0.15) is 5.10 Å². The molecule has 28 heavy (non-hydrogen) atoms. The number of anilines is 1. The molecule has 3 aromatic rings. The molecule has 3 aromatic carbocycles. The van der Waals surface area contributed by atoms with Crippen LogP contribution in [0.1, 0.15) is 12.5 Å². The molecule has 0 radical (unpaired) electrons. The topological polar surface area (TPSA) is 111 Å². The van der Waals surface area contributed by atoms with E-state index in [0.717, 1.165) is 22.8 Å². The fraction of sp³-hybridized carbons (Fsp3) is 0.0500. The second kappa shape index (κ2) is 8.09. The maximum atomic E-state index is 11.2. The minimum atomic E-state index is -0.686. The van der Waals surface area contributed by atoms with Crippen LogP contribution in [-0.4, -0.2) is 15.6 Å². The molecule has 0 amide bonds. The Bertz CT molecular complexity index is 1050. The molecule has 8 heteroatoms. The molecule has 1 N–H and O–H groups in total. The van der Waals surface area contributed by atoms with Crippen molar-refractivity contribution < 1.29 is 9.85 Å². The molecular weight excluding hydrogens is 360 g/mol. The number of nitrogens with one attached hydrogen (secondary N) is 1. The number of benzene rings is 3. The zero-order valence-electron chi connectivity index (χ0n) is 14.9. The molecule has 0 saturated heterocycles. The number of nitro benzene ring substituents is 2. The highest BCUT2D eigenvalue weighted by Gasteiger charge is 2.19. The van der Waals surface area contributed by atoms with Gasteiger partial charge >= 0.3 is 5.69 Å². The monoisotopic (exact) mass is 376 g/mol. The molecule has 8 nitrogen and oxygen atoms in total. The summed E-state index contributed by atoms with van der Waals surface area (Å²) in [4.78, 5) is 20.6.